The number of aliphatic hydroxyl groups excluding tert-OH is 1. The molecule has 1 aliphatic rings. The van der Waals surface area contributed by atoms with Gasteiger partial charge in [0.1, 0.15) is 11.4 Å². The number of β-amino-alcohol motifs (C(OH)–C–C–N with tert-alkyl or cyclic N) is 1. The Morgan fingerprint density at radius 2 is 2.00 bits per heavy atom. The Morgan fingerprint density at radius 3 is 2.78 bits per heavy atom. The van der Waals surface area contributed by atoms with Crippen molar-refractivity contribution >= 4 is 5.91 Å². The number of aliphatic hydroxyl groups is 2. The van der Waals surface area contributed by atoms with E-state index in [0.29, 0.717) is 24.9 Å². The van der Waals surface area contributed by atoms with E-state index in [0.717, 1.165) is 29.7 Å². The van der Waals surface area contributed by atoms with E-state index < -0.39 is 5.60 Å². The first kappa shape index (κ1) is 19.4. The molecule has 144 valence electrons. The Kier molecular flexibility index (Phi) is 6.14. The number of carbonyl (C=O) groups is 1. The maximum Gasteiger partial charge on any atom is 0.254 e. The third kappa shape index (κ3) is 4.67. The largest absolute Gasteiger partial charge is 0.497 e. The zero-order valence-corrected chi connectivity index (χ0v) is 15.7. The molecule has 0 spiro atoms. The van der Waals surface area contributed by atoms with Crippen molar-refractivity contribution in [3.05, 3.63) is 65.2 Å². The summed E-state index contributed by atoms with van der Waals surface area (Å²) >= 11 is 0. The van der Waals surface area contributed by atoms with Crippen LogP contribution in [0, 0.1) is 0 Å². The number of ether oxygens (including phenoxy) is 1. The first-order valence-electron chi connectivity index (χ1n) is 9.38. The molecule has 1 amide bonds. The molecule has 5 nitrogen and oxygen atoms in total. The molecular weight excluding hydrogens is 342 g/mol. The second-order valence-electron chi connectivity index (χ2n) is 7.22. The van der Waals surface area contributed by atoms with Crippen LogP contribution in [0.4, 0.5) is 0 Å². The quantitative estimate of drug-likeness (QED) is 0.821. The van der Waals surface area contributed by atoms with Gasteiger partial charge >= 0.3 is 0 Å². The Bertz CT molecular complexity index is 791. The van der Waals surface area contributed by atoms with Gasteiger partial charge in [-0.05, 0) is 55.0 Å². The smallest absolute Gasteiger partial charge is 0.254 e. The summed E-state index contributed by atoms with van der Waals surface area (Å²) in [6, 6.07) is 15.6. The van der Waals surface area contributed by atoms with Crippen LogP contribution < -0.4 is 4.74 Å². The van der Waals surface area contributed by atoms with Gasteiger partial charge in [-0.15, -0.1) is 0 Å². The molecule has 2 N–H and O–H groups in total. The van der Waals surface area contributed by atoms with Crippen molar-refractivity contribution in [3.63, 3.8) is 0 Å². The Balaban J connectivity index is 1.74. The van der Waals surface area contributed by atoms with Crippen LogP contribution in [-0.4, -0.2) is 53.4 Å². The third-order valence-electron chi connectivity index (χ3n) is 5.20. The molecule has 1 aliphatic heterocycles. The molecule has 0 aliphatic carbocycles. The monoisotopic (exact) mass is 369 g/mol. The fourth-order valence-electron chi connectivity index (χ4n) is 3.64. The van der Waals surface area contributed by atoms with Crippen LogP contribution in [0.2, 0.25) is 0 Å². The van der Waals surface area contributed by atoms with Gasteiger partial charge < -0.3 is 19.8 Å². The summed E-state index contributed by atoms with van der Waals surface area (Å²) in [5.41, 5.74) is 1.62. The topological polar surface area (TPSA) is 70.0 Å². The maximum absolute atomic E-state index is 13.0. The van der Waals surface area contributed by atoms with Crippen LogP contribution in [0.1, 0.15) is 34.3 Å². The molecule has 1 saturated heterocycles. The predicted molar refractivity (Wildman–Crippen MR) is 104 cm³/mol. The first-order valence-corrected chi connectivity index (χ1v) is 9.38. The number of methoxy groups -OCH3 is 1. The van der Waals surface area contributed by atoms with E-state index in [9.17, 15) is 15.0 Å². The normalized spacial score (nSPS) is 19.7. The third-order valence-corrected chi connectivity index (χ3v) is 5.20. The summed E-state index contributed by atoms with van der Waals surface area (Å²) in [5.74, 6) is 0.747. The number of amides is 1. The van der Waals surface area contributed by atoms with Crippen molar-refractivity contribution in [2.24, 2.45) is 0 Å². The van der Waals surface area contributed by atoms with Crippen molar-refractivity contribution in [2.45, 2.75) is 31.3 Å². The second-order valence-corrected chi connectivity index (χ2v) is 7.22. The van der Waals surface area contributed by atoms with E-state index >= 15 is 0 Å². The van der Waals surface area contributed by atoms with Crippen molar-refractivity contribution in [2.75, 3.05) is 26.8 Å². The number of benzene rings is 2. The number of likely N-dealkylation sites (tertiary alicyclic amines) is 1. The molecular formula is C22H27NO4. The molecule has 1 heterocycles. The van der Waals surface area contributed by atoms with Crippen LogP contribution in [0.3, 0.4) is 0 Å². The van der Waals surface area contributed by atoms with Gasteiger partial charge in [-0.1, -0.05) is 30.3 Å². The van der Waals surface area contributed by atoms with Gasteiger partial charge in [0.05, 0.1) is 20.3 Å². The lowest BCUT2D eigenvalue weighted by Gasteiger charge is -2.38. The highest BCUT2D eigenvalue weighted by Crippen LogP contribution is 2.24. The number of nitrogens with zero attached hydrogens (tertiary/aromatic N) is 1. The molecule has 2 aromatic carbocycles. The van der Waals surface area contributed by atoms with Gasteiger partial charge in [0.15, 0.2) is 0 Å². The minimum atomic E-state index is -1.19. The van der Waals surface area contributed by atoms with Crippen LogP contribution in [-0.2, 0) is 12.8 Å². The molecule has 3 rings (SSSR count). The van der Waals surface area contributed by atoms with Gasteiger partial charge in [0.2, 0.25) is 0 Å². The van der Waals surface area contributed by atoms with Crippen LogP contribution in [0.15, 0.2) is 48.5 Å². The molecule has 27 heavy (non-hydrogen) atoms. The van der Waals surface area contributed by atoms with Crippen LogP contribution in [0.25, 0.3) is 0 Å². The van der Waals surface area contributed by atoms with Gasteiger partial charge in [0.25, 0.3) is 5.91 Å². The average molecular weight is 369 g/mol. The maximum atomic E-state index is 13.0. The summed E-state index contributed by atoms with van der Waals surface area (Å²) in [4.78, 5) is 14.7. The fourth-order valence-corrected chi connectivity index (χ4v) is 3.64. The molecule has 1 atom stereocenters. The van der Waals surface area contributed by atoms with Gasteiger partial charge in [0, 0.05) is 12.1 Å². The number of aryl methyl sites for hydroxylation is 2. The number of hydrogen-bond donors (Lipinski definition) is 2. The molecule has 0 aromatic heterocycles. The van der Waals surface area contributed by atoms with Crippen molar-refractivity contribution in [3.8, 4) is 5.75 Å². The predicted octanol–water partition coefficient (Wildman–Crippen LogP) is 2.44. The van der Waals surface area contributed by atoms with Crippen LogP contribution >= 0.6 is 0 Å². The number of carbonyl (C=O) groups excluding carboxylic acids is 1. The second kappa shape index (κ2) is 8.55. The zero-order chi connectivity index (χ0) is 19.3. The highest BCUT2D eigenvalue weighted by molar-refractivity contribution is 5.95. The summed E-state index contributed by atoms with van der Waals surface area (Å²) in [6.45, 7) is 0.451. The lowest BCUT2D eigenvalue weighted by molar-refractivity contribution is -0.0598. The van der Waals surface area contributed by atoms with E-state index in [-0.39, 0.29) is 19.1 Å². The van der Waals surface area contributed by atoms with Gasteiger partial charge in [-0.2, -0.15) is 0 Å². The molecule has 0 unspecified atom stereocenters. The van der Waals surface area contributed by atoms with E-state index in [1.165, 1.54) is 0 Å². The average Bonchev–Trinajstić information content (AvgIpc) is 2.72. The molecule has 0 radical (unpaired) electrons. The van der Waals surface area contributed by atoms with E-state index in [1.807, 2.05) is 42.5 Å². The van der Waals surface area contributed by atoms with E-state index in [1.54, 1.807) is 12.0 Å². The standard InChI is InChI=1S/C22H27NO4/c1-27-19-8-4-6-17(14-19)10-11-18-7-2-3-9-20(18)21(25)23-13-5-12-22(26,15-23)16-24/h2-4,6-9,14,24,26H,5,10-13,15-16H2,1H3/t22-/m1/s1. The number of rotatable bonds is 6. The van der Waals surface area contributed by atoms with Crippen molar-refractivity contribution in [1.29, 1.82) is 0 Å². The highest BCUT2D eigenvalue weighted by Gasteiger charge is 2.35. The lowest BCUT2D eigenvalue weighted by Crippen LogP contribution is -2.52. The first-order chi connectivity index (χ1) is 13.0. The van der Waals surface area contributed by atoms with Gasteiger partial charge in [-0.25, -0.2) is 0 Å². The minimum absolute atomic E-state index is 0.0807. The summed E-state index contributed by atoms with van der Waals surface area (Å²) in [5, 5.41) is 19.8. The number of piperidine rings is 1. The SMILES string of the molecule is COc1cccc(CCc2ccccc2C(=O)N2CCC[C@](O)(CO)C2)c1. The van der Waals surface area contributed by atoms with Crippen molar-refractivity contribution in [1.82, 2.24) is 4.90 Å². The molecule has 1 fully saturated rings. The Labute approximate surface area is 160 Å². The fraction of sp³-hybridized carbons (Fsp3) is 0.409. The summed E-state index contributed by atoms with van der Waals surface area (Å²) < 4.78 is 5.27. The highest BCUT2D eigenvalue weighted by atomic mass is 16.5. The Hall–Kier alpha value is -2.37. The van der Waals surface area contributed by atoms with E-state index in [4.69, 9.17) is 4.74 Å². The molecule has 2 aromatic rings. The van der Waals surface area contributed by atoms with E-state index in [2.05, 4.69) is 6.07 Å². The molecule has 0 bridgehead atoms. The molecule has 0 saturated carbocycles. The summed E-state index contributed by atoms with van der Waals surface area (Å²) in [7, 11) is 1.65. The van der Waals surface area contributed by atoms with Gasteiger partial charge in [-0.3, -0.25) is 4.79 Å². The summed E-state index contributed by atoms with van der Waals surface area (Å²) in [6.07, 6.45) is 2.76. The van der Waals surface area contributed by atoms with Crippen molar-refractivity contribution < 1.29 is 19.7 Å². The Morgan fingerprint density at radius 1 is 1.19 bits per heavy atom. The number of hydrogen-bond acceptors (Lipinski definition) is 4. The van der Waals surface area contributed by atoms with Crippen LogP contribution in [0.5, 0.6) is 5.75 Å². The minimum Gasteiger partial charge on any atom is -0.497 e. The molecule has 5 heteroatoms. The lowest BCUT2D eigenvalue weighted by atomic mass is 9.92. The zero-order valence-electron chi connectivity index (χ0n) is 15.7.